The van der Waals surface area contributed by atoms with E-state index in [9.17, 15) is 23.4 Å². The Bertz CT molecular complexity index is 702. The van der Waals surface area contributed by atoms with Crippen molar-refractivity contribution in [3.05, 3.63) is 0 Å². The largest absolute Gasteiger partial charge is 0.416 e. The number of aliphatic hydroxyl groups is 2. The van der Waals surface area contributed by atoms with Crippen molar-refractivity contribution in [1.82, 2.24) is 0 Å². The van der Waals surface area contributed by atoms with Crippen molar-refractivity contribution in [2.75, 3.05) is 0 Å². The number of hydrogen-bond acceptors (Lipinski definition) is 2. The van der Waals surface area contributed by atoms with Crippen molar-refractivity contribution in [3.63, 3.8) is 0 Å². The highest BCUT2D eigenvalue weighted by atomic mass is 19.4. The van der Waals surface area contributed by atoms with Crippen LogP contribution >= 0.6 is 0 Å². The van der Waals surface area contributed by atoms with Gasteiger partial charge < -0.3 is 10.2 Å². The number of fused-ring (bicyclic) bond motifs is 5. The molecule has 0 aromatic carbocycles. The van der Waals surface area contributed by atoms with Gasteiger partial charge in [-0.05, 0) is 131 Å². The second-order valence-electron chi connectivity index (χ2n) is 13.4. The molecule has 2 unspecified atom stereocenters. The molecule has 186 valence electrons. The lowest BCUT2D eigenvalue weighted by molar-refractivity contribution is -0.256. The van der Waals surface area contributed by atoms with Gasteiger partial charge in [0.1, 0.15) is 0 Å². The molecule has 2 N–H and O–H groups in total. The topological polar surface area (TPSA) is 40.5 Å². The van der Waals surface area contributed by atoms with E-state index in [1.165, 1.54) is 32.1 Å². The van der Waals surface area contributed by atoms with Gasteiger partial charge in [-0.3, -0.25) is 0 Å². The Morgan fingerprint density at radius 1 is 0.906 bits per heavy atom. The van der Waals surface area contributed by atoms with Crippen LogP contribution < -0.4 is 0 Å². The van der Waals surface area contributed by atoms with E-state index in [-0.39, 0.29) is 17.8 Å². The van der Waals surface area contributed by atoms with Crippen LogP contribution in [0.15, 0.2) is 0 Å². The first-order valence-electron chi connectivity index (χ1n) is 13.1. The van der Waals surface area contributed by atoms with E-state index in [1.54, 1.807) is 0 Å². The van der Waals surface area contributed by atoms with Gasteiger partial charge in [0, 0.05) is 0 Å². The van der Waals surface area contributed by atoms with Gasteiger partial charge in [-0.1, -0.05) is 20.8 Å². The third kappa shape index (κ3) is 3.95. The highest BCUT2D eigenvalue weighted by Gasteiger charge is 2.61. The van der Waals surface area contributed by atoms with E-state index in [2.05, 4.69) is 20.8 Å². The van der Waals surface area contributed by atoms with Crippen LogP contribution in [-0.2, 0) is 0 Å². The molecule has 0 heterocycles. The van der Waals surface area contributed by atoms with Crippen molar-refractivity contribution < 1.29 is 23.4 Å². The van der Waals surface area contributed by atoms with Crippen molar-refractivity contribution in [2.24, 2.45) is 46.3 Å². The van der Waals surface area contributed by atoms with Crippen LogP contribution in [0.25, 0.3) is 0 Å². The molecule has 4 fully saturated rings. The first kappa shape index (κ1) is 24.8. The third-order valence-electron chi connectivity index (χ3n) is 11.4. The summed E-state index contributed by atoms with van der Waals surface area (Å²) >= 11 is 0. The summed E-state index contributed by atoms with van der Waals surface area (Å²) in [5.41, 5.74) is -2.55. The Kier molecular flexibility index (Phi) is 6.10. The highest BCUT2D eigenvalue weighted by molar-refractivity contribution is 5.10. The molecule has 4 rings (SSSR count). The maximum atomic E-state index is 13.1. The maximum absolute atomic E-state index is 13.1. The summed E-state index contributed by atoms with van der Waals surface area (Å²) in [7, 11) is 0. The number of halogens is 3. The molecule has 0 radical (unpaired) electrons. The van der Waals surface area contributed by atoms with E-state index >= 15 is 0 Å². The van der Waals surface area contributed by atoms with Crippen LogP contribution in [0.3, 0.4) is 0 Å². The van der Waals surface area contributed by atoms with Crippen LogP contribution in [0.2, 0.25) is 0 Å². The van der Waals surface area contributed by atoms with Crippen molar-refractivity contribution in [2.45, 2.75) is 123 Å². The molecular formula is C27H45F3O2. The van der Waals surface area contributed by atoms with Gasteiger partial charge in [0.25, 0.3) is 0 Å². The fourth-order valence-corrected chi connectivity index (χ4v) is 9.26. The zero-order chi connectivity index (χ0) is 23.7. The molecule has 4 aliphatic rings. The summed E-state index contributed by atoms with van der Waals surface area (Å²) in [6, 6.07) is 0. The Hall–Kier alpha value is -0.290. The fourth-order valence-electron chi connectivity index (χ4n) is 9.26. The van der Waals surface area contributed by atoms with Crippen molar-refractivity contribution in [1.29, 1.82) is 0 Å². The van der Waals surface area contributed by atoms with E-state index in [0.717, 1.165) is 44.4 Å². The van der Waals surface area contributed by atoms with E-state index in [1.807, 2.05) is 6.92 Å². The van der Waals surface area contributed by atoms with Gasteiger partial charge in [0.05, 0.1) is 5.60 Å². The Labute approximate surface area is 192 Å². The molecule has 0 saturated heterocycles. The van der Waals surface area contributed by atoms with E-state index in [0.29, 0.717) is 29.6 Å². The molecule has 0 bridgehead atoms. The van der Waals surface area contributed by atoms with Crippen LogP contribution in [0, 0.1) is 46.3 Å². The maximum Gasteiger partial charge on any atom is 0.416 e. The minimum absolute atomic E-state index is 0.201. The zero-order valence-corrected chi connectivity index (χ0v) is 20.8. The Morgan fingerprint density at radius 3 is 2.22 bits per heavy atom. The molecule has 0 spiro atoms. The molecule has 5 heteroatoms. The van der Waals surface area contributed by atoms with Crippen molar-refractivity contribution in [3.8, 4) is 0 Å². The molecule has 32 heavy (non-hydrogen) atoms. The van der Waals surface area contributed by atoms with Crippen LogP contribution in [0.1, 0.15) is 105 Å². The average Bonchev–Trinajstić information content (AvgIpc) is 3.03. The van der Waals surface area contributed by atoms with Crippen LogP contribution in [0.5, 0.6) is 0 Å². The summed E-state index contributed by atoms with van der Waals surface area (Å²) in [5, 5.41) is 20.6. The smallest absolute Gasteiger partial charge is 0.390 e. The molecule has 0 amide bonds. The quantitative estimate of drug-likeness (QED) is 0.471. The summed E-state index contributed by atoms with van der Waals surface area (Å²) < 4.78 is 39.4. The first-order chi connectivity index (χ1) is 14.6. The van der Waals surface area contributed by atoms with Gasteiger partial charge in [0.2, 0.25) is 0 Å². The summed E-state index contributed by atoms with van der Waals surface area (Å²) in [4.78, 5) is 0. The van der Waals surface area contributed by atoms with Gasteiger partial charge in [-0.25, -0.2) is 0 Å². The number of alkyl halides is 3. The molecule has 0 aromatic rings. The van der Waals surface area contributed by atoms with Gasteiger partial charge >= 0.3 is 6.18 Å². The second-order valence-corrected chi connectivity index (χ2v) is 13.4. The molecule has 4 saturated carbocycles. The van der Waals surface area contributed by atoms with Crippen LogP contribution in [-0.4, -0.2) is 27.6 Å². The SMILES string of the molecule is C[C@H](CCC(C)(O)C(F)(F)F)[C@H]1CC[C@H]2[C@@H]3CC[C@H]4C[C@@](C)(O)CCC4(C)[C@H]3CC[C@]12C. The first-order valence-corrected chi connectivity index (χ1v) is 13.1. The monoisotopic (exact) mass is 458 g/mol. The predicted molar refractivity (Wildman–Crippen MR) is 121 cm³/mol. The summed E-state index contributed by atoms with van der Waals surface area (Å²) in [6.07, 6.45) is 5.85. The van der Waals surface area contributed by atoms with E-state index in [4.69, 9.17) is 0 Å². The molecule has 0 aromatic heterocycles. The Morgan fingerprint density at radius 2 is 1.56 bits per heavy atom. The molecular weight excluding hydrogens is 413 g/mol. The molecule has 0 aliphatic heterocycles. The minimum atomic E-state index is -4.56. The lowest BCUT2D eigenvalue weighted by atomic mass is 9.43. The van der Waals surface area contributed by atoms with Gasteiger partial charge in [-0.2, -0.15) is 13.2 Å². The van der Waals surface area contributed by atoms with Gasteiger partial charge in [-0.15, -0.1) is 0 Å². The van der Waals surface area contributed by atoms with Crippen molar-refractivity contribution >= 4 is 0 Å². The number of rotatable bonds is 4. The average molecular weight is 459 g/mol. The van der Waals surface area contributed by atoms with Gasteiger partial charge in [0.15, 0.2) is 5.60 Å². The van der Waals surface area contributed by atoms with Crippen LogP contribution in [0.4, 0.5) is 13.2 Å². The summed E-state index contributed by atoms with van der Waals surface area (Å²) in [5.74, 6) is 3.42. The normalized spacial score (nSPS) is 49.5. The molecule has 4 aliphatic carbocycles. The minimum Gasteiger partial charge on any atom is -0.390 e. The Balaban J connectivity index is 1.46. The third-order valence-corrected chi connectivity index (χ3v) is 11.4. The van der Waals surface area contributed by atoms with E-state index < -0.39 is 17.4 Å². The predicted octanol–water partition coefficient (Wildman–Crippen LogP) is 7.13. The highest BCUT2D eigenvalue weighted by Crippen LogP contribution is 2.69. The number of hydrogen-bond donors (Lipinski definition) is 2. The second kappa shape index (κ2) is 7.86. The summed E-state index contributed by atoms with van der Waals surface area (Å²) in [6.45, 7) is 9.99. The molecule has 10 atom stereocenters. The molecule has 2 nitrogen and oxygen atoms in total. The fraction of sp³-hybridized carbons (Fsp3) is 1.00. The lowest BCUT2D eigenvalue weighted by Gasteiger charge is -2.62. The zero-order valence-electron chi connectivity index (χ0n) is 20.8. The standard InChI is InChI=1S/C27H45F3O2/c1-17(10-13-26(5,32)27(28,29)30)20-8-9-21-19-7-6-18-16-23(2,31)14-15-24(18,3)22(19)11-12-25(20,21)4/h17-22,31-32H,6-16H2,1-5H3/t17-,18+,19+,20-,21+,22+,23+,24?,25-,26?/m1/s1. The lowest BCUT2D eigenvalue weighted by Crippen LogP contribution is -2.55.